The second-order valence-electron chi connectivity index (χ2n) is 7.78. The zero-order valence-corrected chi connectivity index (χ0v) is 16.1. The quantitative estimate of drug-likeness (QED) is 0.795. The van der Waals surface area contributed by atoms with Crippen LogP contribution in [0.1, 0.15) is 43.5 Å². The van der Waals surface area contributed by atoms with Crippen LogP contribution in [0, 0.1) is 5.92 Å². The molecule has 1 N–H and O–H groups in total. The second kappa shape index (κ2) is 8.54. The minimum absolute atomic E-state index is 0.0635. The average molecular weight is 381 g/mol. The Bertz CT molecular complexity index is 813. The molecule has 1 aromatic carbocycles. The predicted octanol–water partition coefficient (Wildman–Crippen LogP) is 1.93. The van der Waals surface area contributed by atoms with Crippen LogP contribution >= 0.6 is 0 Å². The minimum Gasteiger partial charge on any atom is -0.348 e. The van der Waals surface area contributed by atoms with E-state index < -0.39 is 0 Å². The first-order chi connectivity index (χ1) is 13.7. The molecule has 1 aliphatic carbocycles. The summed E-state index contributed by atoms with van der Waals surface area (Å²) in [5.74, 6) is 0.541. The molecule has 0 spiro atoms. The van der Waals surface area contributed by atoms with Crippen LogP contribution in [-0.4, -0.2) is 44.1 Å². The van der Waals surface area contributed by atoms with Gasteiger partial charge in [-0.25, -0.2) is 0 Å². The predicted molar refractivity (Wildman–Crippen MR) is 104 cm³/mol. The molecule has 0 bridgehead atoms. The van der Waals surface area contributed by atoms with Crippen LogP contribution in [0.3, 0.4) is 0 Å². The Morgan fingerprint density at radius 1 is 1.18 bits per heavy atom. The van der Waals surface area contributed by atoms with Gasteiger partial charge in [0.1, 0.15) is 6.33 Å². The van der Waals surface area contributed by atoms with Crippen molar-refractivity contribution in [1.82, 2.24) is 25.0 Å². The van der Waals surface area contributed by atoms with Crippen molar-refractivity contribution in [2.45, 2.75) is 57.7 Å². The van der Waals surface area contributed by atoms with Crippen molar-refractivity contribution < 1.29 is 9.59 Å². The Kier molecular flexibility index (Phi) is 5.69. The molecule has 1 atom stereocenters. The Labute approximate surface area is 165 Å². The Hall–Kier alpha value is -2.70. The van der Waals surface area contributed by atoms with Gasteiger partial charge in [0.15, 0.2) is 5.82 Å². The van der Waals surface area contributed by atoms with Crippen LogP contribution in [0.15, 0.2) is 36.7 Å². The third kappa shape index (κ3) is 4.24. The van der Waals surface area contributed by atoms with Crippen LogP contribution in [0.5, 0.6) is 0 Å². The molecule has 1 saturated heterocycles. The van der Waals surface area contributed by atoms with E-state index >= 15 is 0 Å². The normalized spacial score (nSPS) is 20.1. The lowest BCUT2D eigenvalue weighted by Crippen LogP contribution is -2.37. The molecule has 7 heteroatoms. The van der Waals surface area contributed by atoms with E-state index in [1.165, 1.54) is 18.4 Å². The molecule has 1 aliphatic heterocycles. The lowest BCUT2D eigenvalue weighted by molar-refractivity contribution is -0.130. The summed E-state index contributed by atoms with van der Waals surface area (Å²) in [6, 6.07) is 10.6. The maximum absolute atomic E-state index is 12.6. The Morgan fingerprint density at radius 2 is 1.96 bits per heavy atom. The number of nitrogens with zero attached hydrogens (tertiary/aromatic N) is 4. The van der Waals surface area contributed by atoms with E-state index in [9.17, 15) is 9.59 Å². The number of aryl methyl sites for hydroxylation is 2. The molecule has 148 valence electrons. The molecular weight excluding hydrogens is 354 g/mol. The lowest BCUT2D eigenvalue weighted by Gasteiger charge is -2.23. The van der Waals surface area contributed by atoms with Crippen molar-refractivity contribution in [3.8, 4) is 0 Å². The molecule has 4 rings (SSSR count). The van der Waals surface area contributed by atoms with Crippen molar-refractivity contribution in [3.05, 3.63) is 48.0 Å². The average Bonchev–Trinajstić information content (AvgIpc) is 3.46. The van der Waals surface area contributed by atoms with Crippen molar-refractivity contribution in [2.24, 2.45) is 5.92 Å². The van der Waals surface area contributed by atoms with E-state index in [-0.39, 0.29) is 17.7 Å². The van der Waals surface area contributed by atoms with Gasteiger partial charge in [0.2, 0.25) is 11.8 Å². The summed E-state index contributed by atoms with van der Waals surface area (Å²) in [5, 5.41) is 11.1. The molecule has 2 fully saturated rings. The topological polar surface area (TPSA) is 80.1 Å². The molecule has 1 aromatic heterocycles. The molecule has 2 heterocycles. The van der Waals surface area contributed by atoms with Crippen LogP contribution in [-0.2, 0) is 29.1 Å². The van der Waals surface area contributed by atoms with E-state index in [0.29, 0.717) is 25.6 Å². The largest absolute Gasteiger partial charge is 0.348 e. The van der Waals surface area contributed by atoms with Gasteiger partial charge in [-0.1, -0.05) is 43.2 Å². The van der Waals surface area contributed by atoms with E-state index in [1.807, 2.05) is 27.7 Å². The van der Waals surface area contributed by atoms with Gasteiger partial charge in [0.25, 0.3) is 0 Å². The number of rotatable bonds is 7. The van der Waals surface area contributed by atoms with E-state index in [1.54, 1.807) is 6.33 Å². The maximum Gasteiger partial charge on any atom is 0.225 e. The number of carbonyl (C=O) groups is 2. The van der Waals surface area contributed by atoms with Gasteiger partial charge in [-0.15, -0.1) is 10.2 Å². The minimum atomic E-state index is -0.256. The van der Waals surface area contributed by atoms with Gasteiger partial charge in [-0.05, 0) is 24.8 Å². The highest BCUT2D eigenvalue weighted by atomic mass is 16.2. The monoisotopic (exact) mass is 381 g/mol. The SMILES string of the molecule is O=C(NCc1nncn1CCc1ccccc1)[C@@H]1CC(=O)N(C2CCCC2)C1. The summed E-state index contributed by atoms with van der Waals surface area (Å²) in [5.41, 5.74) is 1.25. The van der Waals surface area contributed by atoms with Crippen molar-refractivity contribution in [3.63, 3.8) is 0 Å². The van der Waals surface area contributed by atoms with Gasteiger partial charge in [-0.3, -0.25) is 9.59 Å². The zero-order valence-electron chi connectivity index (χ0n) is 16.1. The van der Waals surface area contributed by atoms with Gasteiger partial charge >= 0.3 is 0 Å². The third-order valence-corrected chi connectivity index (χ3v) is 5.90. The third-order valence-electron chi connectivity index (χ3n) is 5.90. The second-order valence-corrected chi connectivity index (χ2v) is 7.78. The smallest absolute Gasteiger partial charge is 0.225 e. The number of hydrogen-bond acceptors (Lipinski definition) is 4. The fourth-order valence-corrected chi connectivity index (χ4v) is 4.28. The number of aromatic nitrogens is 3. The number of hydrogen-bond donors (Lipinski definition) is 1. The van der Waals surface area contributed by atoms with Crippen molar-refractivity contribution in [2.75, 3.05) is 6.54 Å². The van der Waals surface area contributed by atoms with Crippen molar-refractivity contribution in [1.29, 1.82) is 0 Å². The van der Waals surface area contributed by atoms with E-state index in [2.05, 4.69) is 27.6 Å². The lowest BCUT2D eigenvalue weighted by atomic mass is 10.1. The highest BCUT2D eigenvalue weighted by Gasteiger charge is 2.38. The van der Waals surface area contributed by atoms with Gasteiger partial charge in [0.05, 0.1) is 12.5 Å². The number of carbonyl (C=O) groups excluding carboxylic acids is 2. The van der Waals surface area contributed by atoms with Gasteiger partial charge < -0.3 is 14.8 Å². The molecule has 28 heavy (non-hydrogen) atoms. The fraction of sp³-hybridized carbons (Fsp3) is 0.524. The summed E-state index contributed by atoms with van der Waals surface area (Å²) >= 11 is 0. The first-order valence-electron chi connectivity index (χ1n) is 10.2. The fourth-order valence-electron chi connectivity index (χ4n) is 4.28. The van der Waals surface area contributed by atoms with E-state index in [0.717, 1.165) is 31.6 Å². The highest BCUT2D eigenvalue weighted by molar-refractivity contribution is 5.89. The van der Waals surface area contributed by atoms with E-state index in [4.69, 9.17) is 0 Å². The van der Waals surface area contributed by atoms with Crippen molar-refractivity contribution >= 4 is 11.8 Å². The first-order valence-corrected chi connectivity index (χ1v) is 10.2. The van der Waals surface area contributed by atoms with Crippen LogP contribution in [0.4, 0.5) is 0 Å². The Morgan fingerprint density at radius 3 is 2.75 bits per heavy atom. The Balaban J connectivity index is 1.28. The summed E-state index contributed by atoms with van der Waals surface area (Å²) in [7, 11) is 0. The first kappa shape index (κ1) is 18.7. The summed E-state index contributed by atoms with van der Waals surface area (Å²) in [6.45, 7) is 1.65. The summed E-state index contributed by atoms with van der Waals surface area (Å²) in [4.78, 5) is 26.8. The van der Waals surface area contributed by atoms with Gasteiger partial charge in [-0.2, -0.15) is 0 Å². The highest BCUT2D eigenvalue weighted by Crippen LogP contribution is 2.29. The zero-order chi connectivity index (χ0) is 19.3. The molecule has 7 nitrogen and oxygen atoms in total. The molecular formula is C21H27N5O2. The standard InChI is InChI=1S/C21H27N5O2/c27-20-12-17(14-26(20)18-8-4-5-9-18)21(28)22-13-19-24-23-15-25(19)11-10-16-6-2-1-3-7-16/h1-3,6-7,15,17-18H,4-5,8-14H2,(H,22,28)/t17-/m1/s1. The molecule has 2 aliphatic rings. The summed E-state index contributed by atoms with van der Waals surface area (Å²) in [6.07, 6.45) is 7.42. The maximum atomic E-state index is 12.6. The summed E-state index contributed by atoms with van der Waals surface area (Å²) < 4.78 is 1.97. The van der Waals surface area contributed by atoms with Crippen LogP contribution < -0.4 is 5.32 Å². The molecule has 0 unspecified atom stereocenters. The van der Waals surface area contributed by atoms with Gasteiger partial charge in [0, 0.05) is 25.6 Å². The molecule has 1 saturated carbocycles. The molecule has 2 aromatic rings. The molecule has 2 amide bonds. The van der Waals surface area contributed by atoms with Crippen LogP contribution in [0.25, 0.3) is 0 Å². The number of benzene rings is 1. The number of amides is 2. The van der Waals surface area contributed by atoms with Crippen LogP contribution in [0.2, 0.25) is 0 Å². The number of likely N-dealkylation sites (tertiary alicyclic amines) is 1. The molecule has 0 radical (unpaired) electrons. The number of nitrogens with one attached hydrogen (secondary N) is 1.